The van der Waals surface area contributed by atoms with Gasteiger partial charge in [0, 0.05) is 25.4 Å². The van der Waals surface area contributed by atoms with Crippen molar-refractivity contribution in [2.75, 3.05) is 5.32 Å². The van der Waals surface area contributed by atoms with Gasteiger partial charge in [0.1, 0.15) is 5.52 Å². The Morgan fingerprint density at radius 2 is 2.19 bits per heavy atom. The van der Waals surface area contributed by atoms with Crippen molar-refractivity contribution in [3.8, 4) is 0 Å². The van der Waals surface area contributed by atoms with Gasteiger partial charge in [-0.25, -0.2) is 9.50 Å². The van der Waals surface area contributed by atoms with Crippen LogP contribution >= 0.6 is 0 Å². The van der Waals surface area contributed by atoms with Crippen LogP contribution in [0.4, 0.5) is 19.0 Å². The molecule has 0 spiro atoms. The zero-order valence-corrected chi connectivity index (χ0v) is 10.7. The molecular formula is C11H9F3N6O. The van der Waals surface area contributed by atoms with E-state index in [1.54, 1.807) is 6.92 Å². The molecule has 3 aromatic heterocycles. The Hall–Kier alpha value is -2.65. The Morgan fingerprint density at radius 1 is 1.38 bits per heavy atom. The van der Waals surface area contributed by atoms with Crippen LogP contribution < -0.4 is 5.32 Å². The van der Waals surface area contributed by atoms with Gasteiger partial charge in [-0.15, -0.1) is 0 Å². The fourth-order valence-electron chi connectivity index (χ4n) is 1.77. The van der Waals surface area contributed by atoms with Crippen LogP contribution in [0.2, 0.25) is 0 Å². The zero-order chi connectivity index (χ0) is 15.0. The summed E-state index contributed by atoms with van der Waals surface area (Å²) in [7, 11) is 0. The summed E-state index contributed by atoms with van der Waals surface area (Å²) in [5.41, 5.74) is -0.765. The summed E-state index contributed by atoms with van der Waals surface area (Å²) in [6.45, 7) is 1.82. The summed E-state index contributed by atoms with van der Waals surface area (Å²) in [5, 5.41) is 10.00. The molecule has 1 N–H and O–H groups in total. The Balaban J connectivity index is 1.89. The van der Waals surface area contributed by atoms with Crippen molar-refractivity contribution in [3.63, 3.8) is 0 Å². The number of hydrogen-bond acceptors (Lipinski definition) is 6. The van der Waals surface area contributed by atoms with Crippen molar-refractivity contribution in [2.45, 2.75) is 19.6 Å². The molecule has 7 nitrogen and oxygen atoms in total. The van der Waals surface area contributed by atoms with Gasteiger partial charge in [0.15, 0.2) is 17.3 Å². The summed E-state index contributed by atoms with van der Waals surface area (Å²) < 4.78 is 43.9. The quantitative estimate of drug-likeness (QED) is 0.797. The van der Waals surface area contributed by atoms with Gasteiger partial charge in [-0.1, -0.05) is 5.16 Å². The number of alkyl halides is 3. The number of halogens is 3. The number of aryl methyl sites for hydroxylation is 1. The van der Waals surface area contributed by atoms with Gasteiger partial charge < -0.3 is 9.84 Å². The predicted octanol–water partition coefficient (Wildman–Crippen LogP) is 2.05. The average molecular weight is 298 g/mol. The van der Waals surface area contributed by atoms with Crippen LogP contribution in [0.3, 0.4) is 0 Å². The van der Waals surface area contributed by atoms with E-state index in [2.05, 4.69) is 25.5 Å². The fraction of sp³-hybridized carbons (Fsp3) is 0.273. The van der Waals surface area contributed by atoms with Gasteiger partial charge in [-0.3, -0.25) is 0 Å². The summed E-state index contributed by atoms with van der Waals surface area (Å²) in [4.78, 5) is 7.98. The minimum Gasteiger partial charge on any atom is -0.361 e. The normalized spacial score (nSPS) is 12.0. The molecule has 0 aliphatic heterocycles. The summed E-state index contributed by atoms with van der Waals surface area (Å²) in [5.74, 6) is 1.04. The number of anilines is 1. The average Bonchev–Trinajstić information content (AvgIpc) is 3.01. The third-order valence-corrected chi connectivity index (χ3v) is 2.66. The Bertz CT molecular complexity index is 778. The molecular weight excluding hydrogens is 289 g/mol. The zero-order valence-electron chi connectivity index (χ0n) is 10.7. The first-order valence-electron chi connectivity index (χ1n) is 5.88. The van der Waals surface area contributed by atoms with Crippen molar-refractivity contribution in [1.82, 2.24) is 24.7 Å². The van der Waals surface area contributed by atoms with Crippen molar-refractivity contribution in [1.29, 1.82) is 0 Å². The second-order valence-electron chi connectivity index (χ2n) is 4.22. The van der Waals surface area contributed by atoms with E-state index in [4.69, 9.17) is 4.52 Å². The molecule has 10 heteroatoms. The van der Waals surface area contributed by atoms with E-state index >= 15 is 0 Å². The van der Waals surface area contributed by atoms with Crippen LogP contribution in [0.5, 0.6) is 0 Å². The molecule has 3 rings (SSSR count). The molecule has 0 aliphatic rings. The largest absolute Gasteiger partial charge is 0.435 e. The number of fused-ring (bicyclic) bond motifs is 1. The molecule has 110 valence electrons. The number of nitrogens with zero attached hydrogens (tertiary/aromatic N) is 5. The van der Waals surface area contributed by atoms with Crippen LogP contribution in [0.25, 0.3) is 5.52 Å². The second kappa shape index (κ2) is 4.72. The number of nitrogens with one attached hydrogen (secondary N) is 1. The van der Waals surface area contributed by atoms with E-state index in [0.717, 1.165) is 10.6 Å². The smallest absolute Gasteiger partial charge is 0.361 e. The van der Waals surface area contributed by atoms with E-state index in [9.17, 15) is 13.2 Å². The highest BCUT2D eigenvalue weighted by molar-refractivity contribution is 5.67. The monoisotopic (exact) mass is 298 g/mol. The van der Waals surface area contributed by atoms with E-state index in [0.29, 0.717) is 11.7 Å². The Kier molecular flexibility index (Phi) is 3.00. The number of rotatable bonds is 3. The van der Waals surface area contributed by atoms with Gasteiger partial charge in [-0.2, -0.15) is 23.3 Å². The lowest BCUT2D eigenvalue weighted by Crippen LogP contribution is -2.05. The maximum atomic E-state index is 12.7. The third kappa shape index (κ3) is 2.64. The summed E-state index contributed by atoms with van der Waals surface area (Å²) >= 11 is 0. The van der Waals surface area contributed by atoms with Crippen LogP contribution in [0, 0.1) is 6.92 Å². The van der Waals surface area contributed by atoms with E-state index in [-0.39, 0.29) is 17.9 Å². The molecule has 0 aliphatic carbocycles. The van der Waals surface area contributed by atoms with Crippen LogP contribution in [-0.4, -0.2) is 24.7 Å². The molecule has 0 fully saturated rings. The van der Waals surface area contributed by atoms with Crippen molar-refractivity contribution in [2.24, 2.45) is 0 Å². The minimum atomic E-state index is -4.51. The fourth-order valence-corrected chi connectivity index (χ4v) is 1.77. The molecule has 0 saturated heterocycles. The lowest BCUT2D eigenvalue weighted by atomic mass is 10.3. The lowest BCUT2D eigenvalue weighted by Gasteiger charge is -2.03. The van der Waals surface area contributed by atoms with Crippen LogP contribution in [-0.2, 0) is 12.7 Å². The standard InChI is InChI=1S/C11H9F3N6O/c1-6-17-9(19-21-6)5-16-10-7-4-8(11(12,13)14)18-20(7)3-2-15-10/h2-4H,5H2,1H3,(H,15,16). The summed E-state index contributed by atoms with van der Waals surface area (Å²) in [6.07, 6.45) is -1.81. The van der Waals surface area contributed by atoms with Gasteiger partial charge in [0.2, 0.25) is 5.89 Å². The van der Waals surface area contributed by atoms with Crippen molar-refractivity contribution >= 4 is 11.3 Å². The SMILES string of the molecule is Cc1nc(CNc2nccn3nc(C(F)(F)F)cc23)no1. The first-order valence-corrected chi connectivity index (χ1v) is 5.88. The van der Waals surface area contributed by atoms with Gasteiger partial charge in [-0.05, 0) is 0 Å². The van der Waals surface area contributed by atoms with E-state index in [1.165, 1.54) is 12.4 Å². The molecule has 0 aromatic carbocycles. The van der Waals surface area contributed by atoms with Gasteiger partial charge in [0.05, 0.1) is 6.54 Å². The Labute approximate surface area is 115 Å². The molecule has 21 heavy (non-hydrogen) atoms. The second-order valence-corrected chi connectivity index (χ2v) is 4.22. The van der Waals surface area contributed by atoms with Gasteiger partial charge in [0.25, 0.3) is 0 Å². The highest BCUT2D eigenvalue weighted by Crippen LogP contribution is 2.30. The maximum Gasteiger partial charge on any atom is 0.435 e. The lowest BCUT2D eigenvalue weighted by molar-refractivity contribution is -0.141. The summed E-state index contributed by atoms with van der Waals surface area (Å²) in [6, 6.07) is 0.927. The first-order chi connectivity index (χ1) is 9.93. The third-order valence-electron chi connectivity index (χ3n) is 2.66. The molecule has 0 atom stereocenters. The van der Waals surface area contributed by atoms with Crippen molar-refractivity contribution < 1.29 is 17.7 Å². The molecule has 0 radical (unpaired) electrons. The Morgan fingerprint density at radius 3 is 2.86 bits per heavy atom. The molecule has 3 heterocycles. The van der Waals surface area contributed by atoms with Crippen LogP contribution in [0.15, 0.2) is 23.0 Å². The first kappa shape index (κ1) is 13.3. The highest BCUT2D eigenvalue weighted by Gasteiger charge is 2.34. The van der Waals surface area contributed by atoms with Crippen LogP contribution in [0.1, 0.15) is 17.4 Å². The maximum absolute atomic E-state index is 12.7. The topological polar surface area (TPSA) is 81.1 Å². The molecule has 0 unspecified atom stereocenters. The van der Waals surface area contributed by atoms with E-state index in [1.807, 2.05) is 0 Å². The molecule has 0 amide bonds. The van der Waals surface area contributed by atoms with Crippen molar-refractivity contribution in [3.05, 3.63) is 35.9 Å². The number of aromatic nitrogens is 5. The van der Waals surface area contributed by atoms with Gasteiger partial charge >= 0.3 is 6.18 Å². The molecule has 0 bridgehead atoms. The number of hydrogen-bond donors (Lipinski definition) is 1. The predicted molar refractivity (Wildman–Crippen MR) is 64.4 cm³/mol. The van der Waals surface area contributed by atoms with E-state index < -0.39 is 11.9 Å². The highest BCUT2D eigenvalue weighted by atomic mass is 19.4. The molecule has 0 saturated carbocycles. The molecule has 3 aromatic rings. The minimum absolute atomic E-state index is 0.177.